The molecule has 0 atom stereocenters. The van der Waals surface area contributed by atoms with Crippen LogP contribution in [0.3, 0.4) is 0 Å². The standard InChI is InChI=1S/C13H9F2N5OS/c14-10(15)12-17-18-13(22-12)16-11(21)9-6-7-20(19-9)8-4-2-1-3-5-8/h1-7,10H,(H,16,18,21). The quantitative estimate of drug-likeness (QED) is 0.802. The van der Waals surface area contributed by atoms with Gasteiger partial charge >= 0.3 is 0 Å². The molecule has 112 valence electrons. The van der Waals surface area contributed by atoms with Gasteiger partial charge in [-0.2, -0.15) is 5.10 Å². The van der Waals surface area contributed by atoms with Crippen molar-refractivity contribution in [3.8, 4) is 5.69 Å². The van der Waals surface area contributed by atoms with Crippen LogP contribution in [0.25, 0.3) is 5.69 Å². The van der Waals surface area contributed by atoms with E-state index in [0.717, 1.165) is 5.69 Å². The van der Waals surface area contributed by atoms with Crippen molar-refractivity contribution >= 4 is 22.4 Å². The zero-order valence-corrected chi connectivity index (χ0v) is 11.8. The number of amides is 1. The van der Waals surface area contributed by atoms with Gasteiger partial charge in [-0.1, -0.05) is 29.5 Å². The van der Waals surface area contributed by atoms with Crippen LogP contribution in [0.4, 0.5) is 13.9 Å². The molecule has 6 nitrogen and oxygen atoms in total. The number of para-hydroxylation sites is 1. The Morgan fingerprint density at radius 1 is 1.18 bits per heavy atom. The first-order valence-electron chi connectivity index (χ1n) is 6.17. The number of hydrogen-bond donors (Lipinski definition) is 1. The molecule has 0 saturated heterocycles. The van der Waals surface area contributed by atoms with Crippen molar-refractivity contribution in [1.82, 2.24) is 20.0 Å². The lowest BCUT2D eigenvalue weighted by molar-refractivity contribution is 0.102. The Balaban J connectivity index is 1.74. The first-order chi connectivity index (χ1) is 10.6. The molecule has 0 spiro atoms. The van der Waals surface area contributed by atoms with E-state index in [1.165, 1.54) is 6.07 Å². The molecule has 3 aromatic rings. The number of benzene rings is 1. The highest BCUT2D eigenvalue weighted by molar-refractivity contribution is 7.15. The summed E-state index contributed by atoms with van der Waals surface area (Å²) in [6, 6.07) is 10.8. The SMILES string of the molecule is O=C(Nc1nnc(C(F)F)s1)c1ccn(-c2ccccc2)n1. The summed E-state index contributed by atoms with van der Waals surface area (Å²) in [5.74, 6) is -0.536. The third kappa shape index (κ3) is 2.98. The Kier molecular flexibility index (Phi) is 3.88. The van der Waals surface area contributed by atoms with Crippen LogP contribution in [0.1, 0.15) is 21.9 Å². The molecular weight excluding hydrogens is 312 g/mol. The van der Waals surface area contributed by atoms with Crippen molar-refractivity contribution in [2.45, 2.75) is 6.43 Å². The second kappa shape index (κ2) is 5.98. The van der Waals surface area contributed by atoms with Crippen LogP contribution in [0, 0.1) is 0 Å². The van der Waals surface area contributed by atoms with Gasteiger partial charge in [0, 0.05) is 6.20 Å². The molecule has 0 aliphatic carbocycles. The lowest BCUT2D eigenvalue weighted by Crippen LogP contribution is -2.13. The molecule has 3 rings (SSSR count). The maximum absolute atomic E-state index is 12.4. The highest BCUT2D eigenvalue weighted by atomic mass is 32.1. The fourth-order valence-electron chi connectivity index (χ4n) is 1.70. The number of halogens is 2. The van der Waals surface area contributed by atoms with E-state index >= 15 is 0 Å². The van der Waals surface area contributed by atoms with Crippen LogP contribution >= 0.6 is 11.3 Å². The normalized spacial score (nSPS) is 10.9. The number of carbonyl (C=O) groups excluding carboxylic acids is 1. The number of nitrogens with one attached hydrogen (secondary N) is 1. The summed E-state index contributed by atoms with van der Waals surface area (Å²) < 4.78 is 26.4. The number of rotatable bonds is 4. The lowest BCUT2D eigenvalue weighted by Gasteiger charge is -2.00. The monoisotopic (exact) mass is 321 g/mol. The van der Waals surface area contributed by atoms with E-state index < -0.39 is 17.3 Å². The van der Waals surface area contributed by atoms with Gasteiger partial charge in [-0.15, -0.1) is 10.2 Å². The maximum Gasteiger partial charge on any atom is 0.291 e. The molecule has 2 aromatic heterocycles. The van der Waals surface area contributed by atoms with Gasteiger partial charge in [0.1, 0.15) is 0 Å². The number of carbonyl (C=O) groups is 1. The van der Waals surface area contributed by atoms with Crippen molar-refractivity contribution in [2.75, 3.05) is 5.32 Å². The zero-order chi connectivity index (χ0) is 15.5. The Morgan fingerprint density at radius 3 is 2.64 bits per heavy atom. The minimum absolute atomic E-state index is 0.00885. The van der Waals surface area contributed by atoms with Gasteiger partial charge < -0.3 is 0 Å². The third-order valence-corrected chi connectivity index (χ3v) is 3.54. The fraction of sp³-hybridized carbons (Fsp3) is 0.0769. The molecular formula is C13H9F2N5OS. The van der Waals surface area contributed by atoms with Crippen LogP contribution in [0.15, 0.2) is 42.6 Å². The van der Waals surface area contributed by atoms with Crippen molar-refractivity contribution in [1.29, 1.82) is 0 Å². The van der Waals surface area contributed by atoms with Gasteiger partial charge in [-0.05, 0) is 18.2 Å². The molecule has 0 radical (unpaired) electrons. The van der Waals surface area contributed by atoms with Crippen molar-refractivity contribution in [3.05, 3.63) is 53.3 Å². The molecule has 0 bridgehead atoms. The zero-order valence-electron chi connectivity index (χ0n) is 11.0. The number of hydrogen-bond acceptors (Lipinski definition) is 5. The van der Waals surface area contributed by atoms with Gasteiger partial charge in [-0.3, -0.25) is 10.1 Å². The largest absolute Gasteiger partial charge is 0.295 e. The Hall–Kier alpha value is -2.68. The molecule has 22 heavy (non-hydrogen) atoms. The second-order valence-corrected chi connectivity index (χ2v) is 5.19. The predicted molar refractivity (Wildman–Crippen MR) is 76.4 cm³/mol. The molecule has 0 fully saturated rings. The average molecular weight is 321 g/mol. The average Bonchev–Trinajstić information content (AvgIpc) is 3.17. The summed E-state index contributed by atoms with van der Waals surface area (Å²) in [5.41, 5.74) is 0.954. The molecule has 1 N–H and O–H groups in total. The van der Waals surface area contributed by atoms with Crippen LogP contribution in [0.5, 0.6) is 0 Å². The van der Waals surface area contributed by atoms with E-state index in [0.29, 0.717) is 11.3 Å². The number of alkyl halides is 2. The summed E-state index contributed by atoms with van der Waals surface area (Å²) in [5, 5.41) is 12.9. The van der Waals surface area contributed by atoms with E-state index in [-0.39, 0.29) is 10.8 Å². The van der Waals surface area contributed by atoms with Gasteiger partial charge in [-0.25, -0.2) is 13.5 Å². The van der Waals surface area contributed by atoms with Gasteiger partial charge in [0.2, 0.25) is 5.13 Å². The van der Waals surface area contributed by atoms with Crippen LogP contribution in [0.2, 0.25) is 0 Å². The maximum atomic E-state index is 12.4. The van der Waals surface area contributed by atoms with Crippen molar-refractivity contribution in [3.63, 3.8) is 0 Å². The number of nitrogens with zero attached hydrogens (tertiary/aromatic N) is 4. The van der Waals surface area contributed by atoms with Gasteiger partial charge in [0.15, 0.2) is 10.7 Å². The predicted octanol–water partition coefficient (Wildman–Crippen LogP) is 2.91. The van der Waals surface area contributed by atoms with E-state index in [2.05, 4.69) is 20.6 Å². The molecule has 0 saturated carbocycles. The Morgan fingerprint density at radius 2 is 1.95 bits per heavy atom. The molecule has 1 aromatic carbocycles. The van der Waals surface area contributed by atoms with Crippen LogP contribution in [-0.4, -0.2) is 25.9 Å². The van der Waals surface area contributed by atoms with Gasteiger partial charge in [0.05, 0.1) is 5.69 Å². The smallest absolute Gasteiger partial charge is 0.291 e. The molecule has 0 unspecified atom stereocenters. The first kappa shape index (κ1) is 14.3. The van der Waals surface area contributed by atoms with E-state index in [9.17, 15) is 13.6 Å². The molecule has 9 heteroatoms. The van der Waals surface area contributed by atoms with Crippen molar-refractivity contribution < 1.29 is 13.6 Å². The minimum atomic E-state index is -2.71. The number of anilines is 1. The van der Waals surface area contributed by atoms with E-state index in [1.54, 1.807) is 10.9 Å². The topological polar surface area (TPSA) is 72.7 Å². The fourth-order valence-corrected chi connectivity index (χ4v) is 2.30. The second-order valence-electron chi connectivity index (χ2n) is 4.18. The Labute approximate surface area is 127 Å². The third-order valence-electron chi connectivity index (χ3n) is 2.69. The van der Waals surface area contributed by atoms with E-state index in [1.807, 2.05) is 30.3 Å². The summed E-state index contributed by atoms with van der Waals surface area (Å²) in [4.78, 5) is 12.0. The van der Waals surface area contributed by atoms with Gasteiger partial charge in [0.25, 0.3) is 12.3 Å². The first-order valence-corrected chi connectivity index (χ1v) is 6.99. The molecule has 2 heterocycles. The molecule has 0 aliphatic rings. The summed E-state index contributed by atoms with van der Waals surface area (Å²) in [6.45, 7) is 0. The van der Waals surface area contributed by atoms with Crippen molar-refractivity contribution in [2.24, 2.45) is 0 Å². The van der Waals surface area contributed by atoms with Crippen LogP contribution < -0.4 is 5.32 Å². The highest BCUT2D eigenvalue weighted by Crippen LogP contribution is 2.25. The summed E-state index contributed by atoms with van der Waals surface area (Å²) in [6.07, 6.45) is -1.07. The molecule has 0 aliphatic heterocycles. The van der Waals surface area contributed by atoms with Crippen LogP contribution in [-0.2, 0) is 0 Å². The summed E-state index contributed by atoms with van der Waals surface area (Å²) in [7, 11) is 0. The number of aromatic nitrogens is 4. The molecule has 1 amide bonds. The summed E-state index contributed by atoms with van der Waals surface area (Å²) >= 11 is 0.628. The minimum Gasteiger partial charge on any atom is -0.295 e. The Bertz CT molecular complexity index is 787. The lowest BCUT2D eigenvalue weighted by atomic mass is 10.3. The van der Waals surface area contributed by atoms with E-state index in [4.69, 9.17) is 0 Å². The highest BCUT2D eigenvalue weighted by Gasteiger charge is 2.17.